The van der Waals surface area contributed by atoms with Crippen molar-refractivity contribution in [2.75, 3.05) is 13.7 Å². The number of nitrogens with zero attached hydrogens (tertiary/aromatic N) is 1. The lowest BCUT2D eigenvalue weighted by Gasteiger charge is -2.38. The molecule has 2 rings (SSSR count). The number of hydrogen-bond donors (Lipinski definition) is 0. The summed E-state index contributed by atoms with van der Waals surface area (Å²) in [5.74, 6) is -0.134. The molecule has 0 unspecified atom stereocenters. The Bertz CT molecular complexity index is 568. The molecule has 0 aliphatic carbocycles. The van der Waals surface area contributed by atoms with Crippen molar-refractivity contribution in [3.05, 3.63) is 35.9 Å². The quantitative estimate of drug-likeness (QED) is 0.560. The Morgan fingerprint density at radius 3 is 2.40 bits per heavy atom. The van der Waals surface area contributed by atoms with E-state index in [0.29, 0.717) is 6.61 Å². The first-order valence-electron chi connectivity index (χ1n) is 9.17. The Morgan fingerprint density at radius 2 is 1.84 bits per heavy atom. The van der Waals surface area contributed by atoms with E-state index < -0.39 is 8.32 Å². The van der Waals surface area contributed by atoms with Crippen LogP contribution in [0.5, 0.6) is 0 Å². The minimum atomic E-state index is -1.79. The molecule has 25 heavy (non-hydrogen) atoms. The van der Waals surface area contributed by atoms with Crippen molar-refractivity contribution in [2.45, 2.75) is 70.4 Å². The first-order chi connectivity index (χ1) is 11.7. The number of carbonyl (C=O) groups excluding carboxylic acids is 1. The van der Waals surface area contributed by atoms with Crippen LogP contribution in [0.25, 0.3) is 0 Å². The van der Waals surface area contributed by atoms with Crippen LogP contribution in [0.3, 0.4) is 0 Å². The summed E-state index contributed by atoms with van der Waals surface area (Å²) in [7, 11) is -0.320. The van der Waals surface area contributed by atoms with Gasteiger partial charge in [-0.25, -0.2) is 0 Å². The van der Waals surface area contributed by atoms with Gasteiger partial charge in [0.05, 0.1) is 7.11 Å². The Labute approximate surface area is 153 Å². The van der Waals surface area contributed by atoms with E-state index >= 15 is 0 Å². The molecule has 0 spiro atoms. The minimum absolute atomic E-state index is 0.134. The number of methoxy groups -OCH3 is 1. The van der Waals surface area contributed by atoms with Crippen LogP contribution in [0.15, 0.2) is 30.3 Å². The third-order valence-corrected chi connectivity index (χ3v) is 10.3. The second-order valence-corrected chi connectivity index (χ2v) is 13.3. The monoisotopic (exact) mass is 363 g/mol. The Hall–Kier alpha value is -1.17. The molecule has 0 radical (unpaired) electrons. The minimum Gasteiger partial charge on any atom is -0.468 e. The largest absolute Gasteiger partial charge is 0.468 e. The Kier molecular flexibility index (Phi) is 6.46. The highest BCUT2D eigenvalue weighted by atomic mass is 28.4. The SMILES string of the molecule is COC(=O)[C@H]1CC[C@@H](CO[Si](C)(C)C(C)(C)C)N1Cc1ccccc1. The van der Waals surface area contributed by atoms with Gasteiger partial charge in [0.25, 0.3) is 0 Å². The highest BCUT2D eigenvalue weighted by molar-refractivity contribution is 6.74. The van der Waals surface area contributed by atoms with Gasteiger partial charge >= 0.3 is 5.97 Å². The summed E-state index contributed by atoms with van der Waals surface area (Å²) in [5, 5.41) is 0.192. The molecule has 0 bridgehead atoms. The van der Waals surface area contributed by atoms with Crippen LogP contribution < -0.4 is 0 Å². The lowest BCUT2D eigenvalue weighted by atomic mass is 10.2. The van der Waals surface area contributed by atoms with Gasteiger partial charge < -0.3 is 9.16 Å². The average molecular weight is 364 g/mol. The van der Waals surface area contributed by atoms with Crippen molar-refractivity contribution < 1.29 is 14.0 Å². The lowest BCUT2D eigenvalue weighted by Crippen LogP contribution is -2.47. The van der Waals surface area contributed by atoms with Gasteiger partial charge in [-0.2, -0.15) is 0 Å². The maximum atomic E-state index is 12.2. The maximum absolute atomic E-state index is 12.2. The summed E-state index contributed by atoms with van der Waals surface area (Å²) >= 11 is 0. The van der Waals surface area contributed by atoms with E-state index in [2.05, 4.69) is 50.9 Å². The average Bonchev–Trinajstić information content (AvgIpc) is 2.95. The summed E-state index contributed by atoms with van der Waals surface area (Å²) in [6, 6.07) is 10.4. The van der Waals surface area contributed by atoms with E-state index in [4.69, 9.17) is 9.16 Å². The molecule has 1 heterocycles. The zero-order chi connectivity index (χ0) is 18.7. The van der Waals surface area contributed by atoms with Gasteiger partial charge in [-0.3, -0.25) is 9.69 Å². The Balaban J connectivity index is 2.11. The van der Waals surface area contributed by atoms with Crippen molar-refractivity contribution in [3.63, 3.8) is 0 Å². The van der Waals surface area contributed by atoms with Crippen LogP contribution in [0.1, 0.15) is 39.2 Å². The standard InChI is InChI=1S/C20H33NO3Si/c1-20(2,3)25(5,6)24-15-17-12-13-18(19(22)23-4)21(17)14-16-10-8-7-9-11-16/h7-11,17-18H,12-15H2,1-6H3/t17-,18+/m0/s1. The summed E-state index contributed by atoms with van der Waals surface area (Å²) in [6.45, 7) is 12.8. The van der Waals surface area contributed by atoms with Crippen LogP contribution in [0.2, 0.25) is 18.1 Å². The van der Waals surface area contributed by atoms with E-state index in [1.807, 2.05) is 18.2 Å². The van der Waals surface area contributed by atoms with Crippen LogP contribution in [0, 0.1) is 0 Å². The topological polar surface area (TPSA) is 38.8 Å². The fraction of sp³-hybridized carbons (Fsp3) is 0.650. The highest BCUT2D eigenvalue weighted by Gasteiger charge is 2.42. The van der Waals surface area contributed by atoms with Gasteiger partial charge in [0.1, 0.15) is 6.04 Å². The van der Waals surface area contributed by atoms with Crippen LogP contribution in [0.4, 0.5) is 0 Å². The third-order valence-electron chi connectivity index (χ3n) is 5.77. The normalized spacial score (nSPS) is 22.2. The third kappa shape index (κ3) is 4.93. The number of likely N-dealkylation sites (tertiary alicyclic amines) is 1. The fourth-order valence-electron chi connectivity index (χ4n) is 3.06. The van der Waals surface area contributed by atoms with Gasteiger partial charge in [-0.15, -0.1) is 0 Å². The molecule has 0 N–H and O–H groups in total. The summed E-state index contributed by atoms with van der Waals surface area (Å²) in [5.41, 5.74) is 1.22. The fourth-order valence-corrected chi connectivity index (χ4v) is 4.10. The second kappa shape index (κ2) is 8.02. The number of esters is 1. The summed E-state index contributed by atoms with van der Waals surface area (Å²) < 4.78 is 11.5. The summed E-state index contributed by atoms with van der Waals surface area (Å²) in [6.07, 6.45) is 1.81. The van der Waals surface area contributed by atoms with Crippen molar-refractivity contribution >= 4 is 14.3 Å². The predicted molar refractivity (Wildman–Crippen MR) is 104 cm³/mol. The lowest BCUT2D eigenvalue weighted by molar-refractivity contribution is -0.146. The van der Waals surface area contributed by atoms with E-state index in [0.717, 1.165) is 19.4 Å². The maximum Gasteiger partial charge on any atom is 0.323 e. The van der Waals surface area contributed by atoms with Gasteiger partial charge in [-0.1, -0.05) is 51.1 Å². The predicted octanol–water partition coefficient (Wildman–Crippen LogP) is 4.21. The molecule has 0 amide bonds. The molecule has 1 aromatic carbocycles. The summed E-state index contributed by atoms with van der Waals surface area (Å²) in [4.78, 5) is 14.5. The molecule has 1 aromatic rings. The van der Waals surface area contributed by atoms with Crippen LogP contribution in [-0.2, 0) is 20.5 Å². The zero-order valence-electron chi connectivity index (χ0n) is 16.5. The molecule has 4 nitrogen and oxygen atoms in total. The van der Waals surface area contributed by atoms with Crippen molar-refractivity contribution in [3.8, 4) is 0 Å². The molecular formula is C20H33NO3Si. The molecule has 5 heteroatoms. The first-order valence-corrected chi connectivity index (χ1v) is 12.1. The molecule has 0 aromatic heterocycles. The molecule has 140 valence electrons. The van der Waals surface area contributed by atoms with Gasteiger partial charge in [0, 0.05) is 19.2 Å². The number of benzene rings is 1. The highest BCUT2D eigenvalue weighted by Crippen LogP contribution is 2.37. The molecule has 1 aliphatic rings. The van der Waals surface area contributed by atoms with Gasteiger partial charge in [0.15, 0.2) is 8.32 Å². The molecule has 1 saturated heterocycles. The molecular weight excluding hydrogens is 330 g/mol. The van der Waals surface area contributed by atoms with Gasteiger partial charge in [0.2, 0.25) is 0 Å². The molecule has 2 atom stereocenters. The molecule has 1 aliphatic heterocycles. The van der Waals surface area contributed by atoms with E-state index in [9.17, 15) is 4.79 Å². The number of rotatable bonds is 6. The van der Waals surface area contributed by atoms with Gasteiger partial charge in [-0.05, 0) is 36.5 Å². The van der Waals surface area contributed by atoms with E-state index in [1.54, 1.807) is 0 Å². The van der Waals surface area contributed by atoms with Crippen molar-refractivity contribution in [2.24, 2.45) is 0 Å². The number of ether oxygens (including phenoxy) is 1. The number of carbonyl (C=O) groups is 1. The van der Waals surface area contributed by atoms with Crippen molar-refractivity contribution in [1.29, 1.82) is 0 Å². The zero-order valence-corrected chi connectivity index (χ0v) is 17.5. The van der Waals surface area contributed by atoms with Crippen LogP contribution >= 0.6 is 0 Å². The van der Waals surface area contributed by atoms with Crippen molar-refractivity contribution in [1.82, 2.24) is 4.90 Å². The number of hydrogen-bond acceptors (Lipinski definition) is 4. The van der Waals surface area contributed by atoms with Crippen LogP contribution in [-0.4, -0.2) is 45.0 Å². The van der Waals surface area contributed by atoms with E-state index in [1.165, 1.54) is 12.7 Å². The first kappa shape index (κ1) is 20.1. The smallest absolute Gasteiger partial charge is 0.323 e. The molecule has 0 saturated carbocycles. The van der Waals surface area contributed by atoms with E-state index in [-0.39, 0.29) is 23.1 Å². The Morgan fingerprint density at radius 1 is 1.20 bits per heavy atom. The second-order valence-electron chi connectivity index (χ2n) is 8.50. The molecule has 1 fully saturated rings.